The van der Waals surface area contributed by atoms with Crippen LogP contribution in [0.1, 0.15) is 5.56 Å². The maximum Gasteiger partial charge on any atom is 0.417 e. The molecular formula is C16H12ClF5N2O3S. The third-order valence-electron chi connectivity index (χ3n) is 3.51. The molecule has 0 aliphatic carbocycles. The van der Waals surface area contributed by atoms with Crippen LogP contribution in [0, 0.1) is 11.6 Å². The number of benzene rings is 2. The fourth-order valence-electron chi connectivity index (χ4n) is 2.19. The number of nitrogens with zero attached hydrogens (tertiary/aromatic N) is 1. The molecule has 5 nitrogen and oxygen atoms in total. The van der Waals surface area contributed by atoms with Crippen molar-refractivity contribution in [3.8, 4) is 0 Å². The molecule has 0 heterocycles. The van der Waals surface area contributed by atoms with E-state index >= 15 is 0 Å². The predicted octanol–water partition coefficient (Wildman–Crippen LogP) is 3.90. The zero-order valence-electron chi connectivity index (χ0n) is 14.0. The maximum atomic E-state index is 13.7. The third kappa shape index (κ3) is 4.78. The van der Waals surface area contributed by atoms with Crippen molar-refractivity contribution < 1.29 is 35.2 Å². The summed E-state index contributed by atoms with van der Waals surface area (Å²) in [7, 11) is -3.81. The monoisotopic (exact) mass is 442 g/mol. The summed E-state index contributed by atoms with van der Waals surface area (Å²) in [6.45, 7) is -0.903. The second-order valence-corrected chi connectivity index (χ2v) is 7.94. The molecule has 0 spiro atoms. The molecule has 0 fully saturated rings. The van der Waals surface area contributed by atoms with Gasteiger partial charge in [0.2, 0.25) is 15.9 Å². The number of carbonyl (C=O) groups is 1. The standard InChI is InChI=1S/C16H12ClF5N2O3S/c1-24(28(26,27)15-12(18)3-2-4-13(15)19)8-14(25)23-9-5-6-11(17)10(7-9)16(20,21)22/h2-7H,8H2,1H3,(H,23,25). The summed E-state index contributed by atoms with van der Waals surface area (Å²) >= 11 is 5.47. The van der Waals surface area contributed by atoms with Crippen LogP contribution in [0.4, 0.5) is 27.6 Å². The number of carbonyl (C=O) groups excluding carboxylic acids is 1. The van der Waals surface area contributed by atoms with Gasteiger partial charge in [0.05, 0.1) is 17.1 Å². The predicted molar refractivity (Wildman–Crippen MR) is 91.3 cm³/mol. The highest BCUT2D eigenvalue weighted by Crippen LogP contribution is 2.36. The fourth-order valence-corrected chi connectivity index (χ4v) is 3.65. The summed E-state index contributed by atoms with van der Waals surface area (Å²) < 4.78 is 90.9. The fraction of sp³-hybridized carbons (Fsp3) is 0.188. The van der Waals surface area contributed by atoms with E-state index in [1.807, 2.05) is 0 Å². The molecule has 1 amide bonds. The molecule has 1 N–H and O–H groups in total. The molecule has 0 unspecified atom stereocenters. The molecule has 2 aromatic rings. The Labute approximate surface area is 161 Å². The molecule has 0 aliphatic rings. The quantitative estimate of drug-likeness (QED) is 0.714. The number of hydrogen-bond donors (Lipinski definition) is 1. The number of alkyl halides is 3. The molecule has 0 aromatic heterocycles. The Balaban J connectivity index is 2.19. The largest absolute Gasteiger partial charge is 0.417 e. The van der Waals surface area contributed by atoms with Crippen LogP contribution in [-0.4, -0.2) is 32.2 Å². The van der Waals surface area contributed by atoms with Gasteiger partial charge in [-0.15, -0.1) is 0 Å². The Bertz CT molecular complexity index is 992. The number of nitrogens with one attached hydrogen (secondary N) is 1. The van der Waals surface area contributed by atoms with E-state index in [4.69, 9.17) is 11.6 Å². The van der Waals surface area contributed by atoms with Crippen LogP contribution in [0.25, 0.3) is 0 Å². The Morgan fingerprint density at radius 2 is 1.71 bits per heavy atom. The number of likely N-dealkylation sites (N-methyl/N-ethyl adjacent to an activating group) is 1. The van der Waals surface area contributed by atoms with E-state index < -0.39 is 55.8 Å². The highest BCUT2D eigenvalue weighted by atomic mass is 35.5. The lowest BCUT2D eigenvalue weighted by atomic mass is 10.2. The van der Waals surface area contributed by atoms with Crippen LogP contribution < -0.4 is 5.32 Å². The van der Waals surface area contributed by atoms with E-state index in [1.54, 1.807) is 0 Å². The van der Waals surface area contributed by atoms with Gasteiger partial charge in [0.25, 0.3) is 0 Å². The normalized spacial score (nSPS) is 12.3. The first kappa shape index (κ1) is 22.1. The van der Waals surface area contributed by atoms with Crippen LogP contribution in [-0.2, 0) is 21.0 Å². The molecule has 0 atom stereocenters. The van der Waals surface area contributed by atoms with Crippen molar-refractivity contribution in [2.75, 3.05) is 18.9 Å². The molecule has 2 rings (SSSR count). The highest BCUT2D eigenvalue weighted by molar-refractivity contribution is 7.89. The first-order valence-electron chi connectivity index (χ1n) is 7.41. The van der Waals surface area contributed by atoms with Gasteiger partial charge in [0.15, 0.2) is 4.90 Å². The molecule has 2 aromatic carbocycles. The van der Waals surface area contributed by atoms with Crippen LogP contribution in [0.3, 0.4) is 0 Å². The summed E-state index contributed by atoms with van der Waals surface area (Å²) in [5.41, 5.74) is -1.48. The molecule has 0 bridgehead atoms. The lowest BCUT2D eigenvalue weighted by Gasteiger charge is -2.18. The average molecular weight is 443 g/mol. The SMILES string of the molecule is CN(CC(=O)Nc1ccc(Cl)c(C(F)(F)F)c1)S(=O)(=O)c1c(F)cccc1F. The second-order valence-electron chi connectivity index (χ2n) is 5.55. The van der Waals surface area contributed by atoms with E-state index in [0.717, 1.165) is 37.4 Å². The molecule has 0 aliphatic heterocycles. The second kappa shape index (κ2) is 8.02. The van der Waals surface area contributed by atoms with Gasteiger partial charge in [-0.05, 0) is 30.3 Å². The summed E-state index contributed by atoms with van der Waals surface area (Å²) in [5, 5.41) is 1.49. The van der Waals surface area contributed by atoms with Crippen molar-refractivity contribution in [2.24, 2.45) is 0 Å². The van der Waals surface area contributed by atoms with Crippen molar-refractivity contribution in [1.29, 1.82) is 0 Å². The average Bonchev–Trinajstić information content (AvgIpc) is 2.55. The molecule has 28 heavy (non-hydrogen) atoms. The van der Waals surface area contributed by atoms with Crippen molar-refractivity contribution in [3.63, 3.8) is 0 Å². The zero-order chi connectivity index (χ0) is 21.3. The minimum Gasteiger partial charge on any atom is -0.325 e. The number of sulfonamides is 1. The van der Waals surface area contributed by atoms with Gasteiger partial charge in [0.1, 0.15) is 11.6 Å². The lowest BCUT2D eigenvalue weighted by molar-refractivity contribution is -0.137. The van der Waals surface area contributed by atoms with Crippen molar-refractivity contribution in [2.45, 2.75) is 11.1 Å². The van der Waals surface area contributed by atoms with Crippen molar-refractivity contribution in [3.05, 3.63) is 58.6 Å². The number of halogens is 6. The van der Waals surface area contributed by atoms with E-state index in [0.29, 0.717) is 10.4 Å². The first-order chi connectivity index (χ1) is 12.8. The minimum atomic E-state index is -4.76. The van der Waals surface area contributed by atoms with Crippen LogP contribution in [0.2, 0.25) is 5.02 Å². The third-order valence-corrected chi connectivity index (χ3v) is 5.69. The molecule has 152 valence electrons. The van der Waals surface area contributed by atoms with E-state index in [1.165, 1.54) is 0 Å². The highest BCUT2D eigenvalue weighted by Gasteiger charge is 2.34. The van der Waals surface area contributed by atoms with E-state index in [9.17, 15) is 35.2 Å². The Morgan fingerprint density at radius 1 is 1.14 bits per heavy atom. The minimum absolute atomic E-state index is 0.287. The van der Waals surface area contributed by atoms with Crippen LogP contribution >= 0.6 is 11.6 Å². The number of amides is 1. The molecule has 12 heteroatoms. The van der Waals surface area contributed by atoms with Gasteiger partial charge in [-0.25, -0.2) is 17.2 Å². The number of hydrogen-bond acceptors (Lipinski definition) is 3. The van der Waals surface area contributed by atoms with Gasteiger partial charge in [0, 0.05) is 12.7 Å². The summed E-state index contributed by atoms with van der Waals surface area (Å²) in [6, 6.07) is 5.00. The van der Waals surface area contributed by atoms with Crippen LogP contribution in [0.15, 0.2) is 41.3 Å². The lowest BCUT2D eigenvalue weighted by Crippen LogP contribution is -2.35. The van der Waals surface area contributed by atoms with Gasteiger partial charge >= 0.3 is 6.18 Å². The van der Waals surface area contributed by atoms with E-state index in [-0.39, 0.29) is 5.69 Å². The summed E-state index contributed by atoms with van der Waals surface area (Å²) in [6.07, 6.45) is -4.76. The van der Waals surface area contributed by atoms with Crippen molar-refractivity contribution >= 4 is 33.2 Å². The Hall–Kier alpha value is -2.24. The van der Waals surface area contributed by atoms with Crippen LogP contribution in [0.5, 0.6) is 0 Å². The summed E-state index contributed by atoms with van der Waals surface area (Å²) in [5.74, 6) is -3.72. The Kier molecular flexibility index (Phi) is 6.31. The van der Waals surface area contributed by atoms with Crippen molar-refractivity contribution in [1.82, 2.24) is 4.31 Å². The van der Waals surface area contributed by atoms with Gasteiger partial charge < -0.3 is 5.32 Å². The topological polar surface area (TPSA) is 66.5 Å². The van der Waals surface area contributed by atoms with Gasteiger partial charge in [-0.2, -0.15) is 17.5 Å². The molecular weight excluding hydrogens is 431 g/mol. The summed E-state index contributed by atoms with van der Waals surface area (Å²) in [4.78, 5) is 10.8. The van der Waals surface area contributed by atoms with Gasteiger partial charge in [-0.3, -0.25) is 4.79 Å². The first-order valence-corrected chi connectivity index (χ1v) is 9.23. The molecule has 0 saturated carbocycles. The number of anilines is 1. The smallest absolute Gasteiger partial charge is 0.325 e. The Morgan fingerprint density at radius 3 is 2.25 bits per heavy atom. The molecule has 0 saturated heterocycles. The number of rotatable bonds is 5. The van der Waals surface area contributed by atoms with E-state index in [2.05, 4.69) is 5.32 Å². The maximum absolute atomic E-state index is 13.7. The van der Waals surface area contributed by atoms with Gasteiger partial charge in [-0.1, -0.05) is 17.7 Å². The zero-order valence-corrected chi connectivity index (χ0v) is 15.6. The molecule has 0 radical (unpaired) electrons.